The normalized spacial score (nSPS) is 18.9. The Bertz CT molecular complexity index is 446. The van der Waals surface area contributed by atoms with Gasteiger partial charge in [-0.05, 0) is 24.0 Å². The van der Waals surface area contributed by atoms with Gasteiger partial charge in [0.1, 0.15) is 6.10 Å². The van der Waals surface area contributed by atoms with Crippen LogP contribution in [-0.2, 0) is 19.7 Å². The monoisotopic (exact) mass is 278 g/mol. The molecule has 1 saturated carbocycles. The SMILES string of the molecule is COCC(OC)c1ccc(C2(C(=O)O)CCCC2)cc1. The molecule has 0 aromatic heterocycles. The predicted molar refractivity (Wildman–Crippen MR) is 75.8 cm³/mol. The van der Waals surface area contributed by atoms with E-state index < -0.39 is 11.4 Å². The van der Waals surface area contributed by atoms with Crippen molar-refractivity contribution in [1.29, 1.82) is 0 Å². The van der Waals surface area contributed by atoms with E-state index in [2.05, 4.69) is 0 Å². The Morgan fingerprint density at radius 3 is 2.30 bits per heavy atom. The van der Waals surface area contributed by atoms with Crippen LogP contribution in [0.15, 0.2) is 24.3 Å². The zero-order valence-electron chi connectivity index (χ0n) is 12.1. The molecule has 0 aliphatic heterocycles. The van der Waals surface area contributed by atoms with Gasteiger partial charge in [-0.2, -0.15) is 0 Å². The highest BCUT2D eigenvalue weighted by molar-refractivity contribution is 5.81. The zero-order chi connectivity index (χ0) is 14.6. The van der Waals surface area contributed by atoms with Gasteiger partial charge in [-0.3, -0.25) is 4.79 Å². The van der Waals surface area contributed by atoms with Gasteiger partial charge in [0.2, 0.25) is 0 Å². The lowest BCUT2D eigenvalue weighted by atomic mass is 9.78. The van der Waals surface area contributed by atoms with Gasteiger partial charge in [-0.15, -0.1) is 0 Å². The lowest BCUT2D eigenvalue weighted by Gasteiger charge is -2.25. The number of aliphatic carboxylic acids is 1. The minimum atomic E-state index is -0.706. The molecule has 110 valence electrons. The van der Waals surface area contributed by atoms with Crippen LogP contribution in [0.3, 0.4) is 0 Å². The van der Waals surface area contributed by atoms with Crippen molar-refractivity contribution in [2.75, 3.05) is 20.8 Å². The molecule has 4 nitrogen and oxygen atoms in total. The van der Waals surface area contributed by atoms with E-state index >= 15 is 0 Å². The Kier molecular flexibility index (Phi) is 4.78. The molecule has 1 aromatic carbocycles. The summed E-state index contributed by atoms with van der Waals surface area (Å²) in [5.41, 5.74) is 1.22. The highest BCUT2D eigenvalue weighted by atomic mass is 16.5. The summed E-state index contributed by atoms with van der Waals surface area (Å²) in [5.74, 6) is -0.706. The number of methoxy groups -OCH3 is 2. The number of carboxylic acids is 1. The van der Waals surface area contributed by atoms with Crippen molar-refractivity contribution < 1.29 is 19.4 Å². The third kappa shape index (κ3) is 2.72. The average Bonchev–Trinajstić information content (AvgIpc) is 2.96. The first-order valence-corrected chi connectivity index (χ1v) is 6.99. The summed E-state index contributed by atoms with van der Waals surface area (Å²) in [4.78, 5) is 11.7. The number of hydrogen-bond donors (Lipinski definition) is 1. The summed E-state index contributed by atoms with van der Waals surface area (Å²) in [6.45, 7) is 0.486. The summed E-state index contributed by atoms with van der Waals surface area (Å²) in [6.07, 6.45) is 3.32. The Hall–Kier alpha value is -1.39. The molecule has 1 aliphatic carbocycles. The van der Waals surface area contributed by atoms with Gasteiger partial charge in [0, 0.05) is 14.2 Å². The second-order valence-electron chi connectivity index (χ2n) is 5.40. The van der Waals surface area contributed by atoms with Crippen LogP contribution in [0.2, 0.25) is 0 Å². The van der Waals surface area contributed by atoms with E-state index in [9.17, 15) is 9.90 Å². The molecule has 1 N–H and O–H groups in total. The Morgan fingerprint density at radius 1 is 1.25 bits per heavy atom. The fraction of sp³-hybridized carbons (Fsp3) is 0.562. The van der Waals surface area contributed by atoms with Crippen molar-refractivity contribution in [3.05, 3.63) is 35.4 Å². The molecule has 0 heterocycles. The smallest absolute Gasteiger partial charge is 0.314 e. The lowest BCUT2D eigenvalue weighted by molar-refractivity contribution is -0.143. The number of rotatable bonds is 6. The second kappa shape index (κ2) is 6.37. The van der Waals surface area contributed by atoms with Gasteiger partial charge in [0.05, 0.1) is 12.0 Å². The molecule has 2 rings (SSSR count). The molecule has 1 aliphatic rings. The highest BCUT2D eigenvalue weighted by Crippen LogP contribution is 2.41. The van der Waals surface area contributed by atoms with Crippen molar-refractivity contribution in [3.63, 3.8) is 0 Å². The zero-order valence-corrected chi connectivity index (χ0v) is 12.1. The van der Waals surface area contributed by atoms with Gasteiger partial charge >= 0.3 is 5.97 Å². The Morgan fingerprint density at radius 2 is 1.85 bits per heavy atom. The van der Waals surface area contributed by atoms with Gasteiger partial charge in [0.25, 0.3) is 0 Å². The van der Waals surface area contributed by atoms with E-state index in [1.54, 1.807) is 14.2 Å². The molecule has 0 radical (unpaired) electrons. The van der Waals surface area contributed by atoms with Crippen LogP contribution in [0.25, 0.3) is 0 Å². The third-order valence-corrected chi connectivity index (χ3v) is 4.30. The Labute approximate surface area is 119 Å². The number of ether oxygens (including phenoxy) is 2. The fourth-order valence-electron chi connectivity index (χ4n) is 3.07. The summed E-state index contributed by atoms with van der Waals surface area (Å²) in [7, 11) is 3.28. The van der Waals surface area contributed by atoms with E-state index in [1.807, 2.05) is 24.3 Å². The molecule has 1 fully saturated rings. The topological polar surface area (TPSA) is 55.8 Å². The summed E-state index contributed by atoms with van der Waals surface area (Å²) in [6, 6.07) is 7.75. The summed E-state index contributed by atoms with van der Waals surface area (Å²) < 4.78 is 10.5. The molecule has 1 atom stereocenters. The van der Waals surface area contributed by atoms with Crippen LogP contribution in [-0.4, -0.2) is 31.9 Å². The van der Waals surface area contributed by atoms with Crippen LogP contribution in [0.1, 0.15) is 42.9 Å². The largest absolute Gasteiger partial charge is 0.481 e. The minimum Gasteiger partial charge on any atom is -0.481 e. The van der Waals surface area contributed by atoms with Crippen LogP contribution in [0, 0.1) is 0 Å². The van der Waals surface area contributed by atoms with Crippen molar-refractivity contribution >= 4 is 5.97 Å². The fourth-order valence-corrected chi connectivity index (χ4v) is 3.07. The van der Waals surface area contributed by atoms with Gasteiger partial charge in [-0.25, -0.2) is 0 Å². The molecule has 1 unspecified atom stereocenters. The van der Waals surface area contributed by atoms with Crippen molar-refractivity contribution in [3.8, 4) is 0 Å². The van der Waals surface area contributed by atoms with Gasteiger partial charge < -0.3 is 14.6 Å². The maximum absolute atomic E-state index is 11.7. The van der Waals surface area contributed by atoms with Crippen molar-refractivity contribution in [2.45, 2.75) is 37.2 Å². The van der Waals surface area contributed by atoms with Gasteiger partial charge in [-0.1, -0.05) is 37.1 Å². The average molecular weight is 278 g/mol. The number of carboxylic acid groups (broad SMARTS) is 1. The van der Waals surface area contributed by atoms with E-state index in [0.29, 0.717) is 6.61 Å². The van der Waals surface area contributed by atoms with E-state index in [-0.39, 0.29) is 6.10 Å². The number of benzene rings is 1. The van der Waals surface area contributed by atoms with Crippen molar-refractivity contribution in [1.82, 2.24) is 0 Å². The maximum Gasteiger partial charge on any atom is 0.314 e. The highest BCUT2D eigenvalue weighted by Gasteiger charge is 2.42. The number of hydrogen-bond acceptors (Lipinski definition) is 3. The van der Waals surface area contributed by atoms with Crippen LogP contribution >= 0.6 is 0 Å². The summed E-state index contributed by atoms with van der Waals surface area (Å²) >= 11 is 0. The molecule has 0 saturated heterocycles. The standard InChI is InChI=1S/C16H22O4/c1-19-11-14(20-2)12-5-7-13(8-6-12)16(15(17)18)9-3-4-10-16/h5-8,14H,3-4,9-11H2,1-2H3,(H,17,18). The molecule has 0 bridgehead atoms. The minimum absolute atomic E-state index is 0.113. The maximum atomic E-state index is 11.7. The Balaban J connectivity index is 2.25. The first-order valence-electron chi connectivity index (χ1n) is 6.99. The molecule has 0 spiro atoms. The first-order chi connectivity index (χ1) is 9.64. The molecule has 20 heavy (non-hydrogen) atoms. The lowest BCUT2D eigenvalue weighted by Crippen LogP contribution is -2.32. The van der Waals surface area contributed by atoms with E-state index in [0.717, 1.165) is 36.8 Å². The predicted octanol–water partition coefficient (Wildman–Crippen LogP) is 2.92. The molecule has 4 heteroatoms. The summed E-state index contributed by atoms with van der Waals surface area (Å²) in [5, 5.41) is 9.58. The quantitative estimate of drug-likeness (QED) is 0.869. The molecule has 1 aromatic rings. The molecular formula is C16H22O4. The van der Waals surface area contributed by atoms with E-state index in [1.165, 1.54) is 0 Å². The van der Waals surface area contributed by atoms with Crippen LogP contribution in [0.5, 0.6) is 0 Å². The van der Waals surface area contributed by atoms with Gasteiger partial charge in [0.15, 0.2) is 0 Å². The number of carbonyl (C=O) groups is 1. The van der Waals surface area contributed by atoms with Crippen LogP contribution in [0.4, 0.5) is 0 Å². The third-order valence-electron chi connectivity index (χ3n) is 4.30. The molecular weight excluding hydrogens is 256 g/mol. The van der Waals surface area contributed by atoms with Crippen molar-refractivity contribution in [2.24, 2.45) is 0 Å². The van der Waals surface area contributed by atoms with Crippen LogP contribution < -0.4 is 0 Å². The first kappa shape index (κ1) is 15.0. The molecule has 0 amide bonds. The second-order valence-corrected chi connectivity index (χ2v) is 5.40. The van der Waals surface area contributed by atoms with E-state index in [4.69, 9.17) is 9.47 Å².